The predicted molar refractivity (Wildman–Crippen MR) is 149 cm³/mol. The lowest BCUT2D eigenvalue weighted by Gasteiger charge is -2.44. The van der Waals surface area contributed by atoms with Crippen LogP contribution in [0.2, 0.25) is 0 Å². The van der Waals surface area contributed by atoms with Crippen molar-refractivity contribution in [3.05, 3.63) is 0 Å². The number of rotatable bonds is 8. The van der Waals surface area contributed by atoms with Crippen molar-refractivity contribution in [3.8, 4) is 0 Å². The molecule has 9 atom stereocenters. The molecule has 0 aromatic carbocycles. The lowest BCUT2D eigenvalue weighted by molar-refractivity contribution is -0.122. The minimum atomic E-state index is -0.735. The van der Waals surface area contributed by atoms with E-state index in [1.165, 1.54) is 5.71 Å². The van der Waals surface area contributed by atoms with E-state index in [4.69, 9.17) is 26.1 Å². The van der Waals surface area contributed by atoms with Gasteiger partial charge in [0, 0.05) is 43.1 Å². The number of aliphatic hydroxyl groups is 2. The molecule has 3 aliphatic carbocycles. The molecule has 5 rings (SSSR count). The molecule has 8 unspecified atom stereocenters. The molecule has 222 valence electrons. The lowest BCUT2D eigenvalue weighted by atomic mass is 9.72. The second kappa shape index (κ2) is 13.4. The van der Waals surface area contributed by atoms with Gasteiger partial charge in [-0.05, 0) is 70.6 Å². The van der Waals surface area contributed by atoms with Gasteiger partial charge in [-0.2, -0.15) is 0 Å². The van der Waals surface area contributed by atoms with E-state index in [2.05, 4.69) is 28.0 Å². The van der Waals surface area contributed by atoms with Gasteiger partial charge in [0.25, 0.3) is 0 Å². The molecule has 0 radical (unpaired) electrons. The maximum atomic E-state index is 13.2. The topological polar surface area (TPSA) is 128 Å². The van der Waals surface area contributed by atoms with Crippen molar-refractivity contribution in [2.45, 2.75) is 132 Å². The van der Waals surface area contributed by atoms with E-state index < -0.39 is 12.2 Å². The van der Waals surface area contributed by atoms with E-state index in [1.54, 1.807) is 0 Å². The van der Waals surface area contributed by atoms with Gasteiger partial charge in [0.15, 0.2) is 0 Å². The Bertz CT molecular complexity index is 858. The third-order valence-corrected chi connectivity index (χ3v) is 10.2. The molecule has 5 aliphatic rings. The van der Waals surface area contributed by atoms with E-state index >= 15 is 0 Å². The monoisotopic (exact) mass is 569 g/mol. The Morgan fingerprint density at radius 2 is 1.82 bits per heavy atom. The number of hydrogen-bond acceptors (Lipinski definition) is 9. The maximum absolute atomic E-state index is 13.2. The second-order valence-corrected chi connectivity index (χ2v) is 12.9. The Labute approximate surface area is 237 Å². The van der Waals surface area contributed by atoms with Gasteiger partial charge in [-0.1, -0.05) is 0 Å². The van der Waals surface area contributed by atoms with Crippen molar-refractivity contribution in [1.82, 2.24) is 21.1 Å². The first-order chi connectivity index (χ1) is 18.8. The number of amides is 1. The summed E-state index contributed by atoms with van der Waals surface area (Å²) in [7, 11) is 1.82. The molecular weight excluding hydrogens is 522 g/mol. The standard InChI is InChI=1S/C28H48ClN5O5/c1-16-32-33-28-22(15-26(37)30-11-12-39-20-8-10-24(35)25(36)14-20)31-27(17-3-5-18(29)6-4-17)21-13-19(38-2)7-9-23(21)34(16)28/h16-25,28,32-33,35-36H,3-15H2,1-2H3,(H,30,37)/t16?,17?,18?,19?,20?,21?,22-,23?,24?,25?,28?/m0/s1. The number of nitrogens with one attached hydrogen (secondary N) is 3. The normalized spacial score (nSPS) is 43.2. The highest BCUT2D eigenvalue weighted by atomic mass is 35.5. The first-order valence-electron chi connectivity index (χ1n) is 15.1. The van der Waals surface area contributed by atoms with E-state index in [0.717, 1.165) is 51.4 Å². The number of alkyl halides is 1. The zero-order chi connectivity index (χ0) is 27.5. The Morgan fingerprint density at radius 1 is 1.05 bits per heavy atom. The molecular formula is C28H48ClN5O5. The first-order valence-corrected chi connectivity index (χ1v) is 15.5. The van der Waals surface area contributed by atoms with Crippen LogP contribution < -0.4 is 16.2 Å². The maximum Gasteiger partial charge on any atom is 0.222 e. The molecule has 10 nitrogen and oxygen atoms in total. The summed E-state index contributed by atoms with van der Waals surface area (Å²) in [4.78, 5) is 21.1. The van der Waals surface area contributed by atoms with Crippen molar-refractivity contribution in [1.29, 1.82) is 0 Å². The van der Waals surface area contributed by atoms with E-state index in [0.29, 0.717) is 50.3 Å². The number of halogens is 1. The Balaban J connectivity index is 1.26. The molecule has 1 amide bonds. The smallest absolute Gasteiger partial charge is 0.222 e. The number of nitrogens with zero attached hydrogens (tertiary/aromatic N) is 2. The van der Waals surface area contributed by atoms with Gasteiger partial charge >= 0.3 is 0 Å². The summed E-state index contributed by atoms with van der Waals surface area (Å²) in [5.74, 6) is 0.698. The average molecular weight is 570 g/mol. The summed E-state index contributed by atoms with van der Waals surface area (Å²) in [6, 6.07) is 0.158. The van der Waals surface area contributed by atoms with Gasteiger partial charge in [0.2, 0.25) is 5.91 Å². The Hall–Kier alpha value is -0.850. The Kier molecular flexibility index (Phi) is 10.2. The van der Waals surface area contributed by atoms with Crippen LogP contribution in [-0.2, 0) is 14.3 Å². The van der Waals surface area contributed by atoms with Crippen LogP contribution in [0.25, 0.3) is 0 Å². The molecule has 0 bridgehead atoms. The molecule has 39 heavy (non-hydrogen) atoms. The van der Waals surface area contributed by atoms with Crippen molar-refractivity contribution in [2.75, 3.05) is 20.3 Å². The second-order valence-electron chi connectivity index (χ2n) is 12.3. The molecule has 4 fully saturated rings. The summed E-state index contributed by atoms with van der Waals surface area (Å²) in [5.41, 5.74) is 8.18. The van der Waals surface area contributed by atoms with Crippen LogP contribution in [-0.4, -0.2) is 101 Å². The van der Waals surface area contributed by atoms with Crippen LogP contribution in [0.15, 0.2) is 4.99 Å². The molecule has 2 aliphatic heterocycles. The summed E-state index contributed by atoms with van der Waals surface area (Å²) >= 11 is 6.48. The van der Waals surface area contributed by atoms with Crippen molar-refractivity contribution in [3.63, 3.8) is 0 Å². The van der Waals surface area contributed by atoms with Crippen LogP contribution in [0.4, 0.5) is 0 Å². The predicted octanol–water partition coefficient (Wildman–Crippen LogP) is 1.67. The fraction of sp³-hybridized carbons (Fsp3) is 0.929. The fourth-order valence-electron chi connectivity index (χ4n) is 7.58. The third kappa shape index (κ3) is 6.97. The quantitative estimate of drug-likeness (QED) is 0.221. The van der Waals surface area contributed by atoms with Gasteiger partial charge in [-0.15, -0.1) is 11.6 Å². The van der Waals surface area contributed by atoms with E-state index in [1.807, 2.05) is 7.11 Å². The SMILES string of the molecule is COC1CCC2C(C1)C(C1CCC(Cl)CC1)=N[C@@H](CC(=O)NCCOC1CCC(O)C(O)C1)C1NNC(C)N21. The summed E-state index contributed by atoms with van der Waals surface area (Å²) in [6.07, 6.45) is 8.07. The summed E-state index contributed by atoms with van der Waals surface area (Å²) < 4.78 is 11.7. The third-order valence-electron chi connectivity index (χ3n) is 9.73. The van der Waals surface area contributed by atoms with Gasteiger partial charge < -0.3 is 25.0 Å². The van der Waals surface area contributed by atoms with E-state index in [-0.39, 0.29) is 41.9 Å². The van der Waals surface area contributed by atoms with Gasteiger partial charge in [-0.3, -0.25) is 14.7 Å². The summed E-state index contributed by atoms with van der Waals surface area (Å²) in [5, 5.41) is 22.9. The summed E-state index contributed by atoms with van der Waals surface area (Å²) in [6.45, 7) is 2.98. The molecule has 5 N–H and O–H groups in total. The largest absolute Gasteiger partial charge is 0.390 e. The number of carbonyl (C=O) groups is 1. The van der Waals surface area contributed by atoms with E-state index in [9.17, 15) is 15.0 Å². The number of carbonyl (C=O) groups excluding carboxylic acids is 1. The van der Waals surface area contributed by atoms with Crippen LogP contribution in [0.3, 0.4) is 0 Å². The minimum absolute atomic E-state index is 0.0313. The number of aliphatic imine (C=N–C) groups is 1. The highest BCUT2D eigenvalue weighted by Gasteiger charge is 2.50. The zero-order valence-corrected chi connectivity index (χ0v) is 24.2. The molecule has 1 saturated heterocycles. The average Bonchev–Trinajstić information content (AvgIpc) is 3.26. The molecule has 2 heterocycles. The fourth-order valence-corrected chi connectivity index (χ4v) is 7.84. The van der Waals surface area contributed by atoms with Crippen molar-refractivity contribution in [2.24, 2.45) is 16.8 Å². The van der Waals surface area contributed by atoms with Crippen LogP contribution in [0.5, 0.6) is 0 Å². The van der Waals surface area contributed by atoms with Crippen LogP contribution >= 0.6 is 11.6 Å². The molecule has 0 aromatic rings. The lowest BCUT2D eigenvalue weighted by Crippen LogP contribution is -2.55. The molecule has 11 heteroatoms. The number of fused-ring (bicyclic) bond motifs is 3. The molecule has 0 aromatic heterocycles. The van der Waals surface area contributed by atoms with Crippen LogP contribution in [0.1, 0.15) is 77.6 Å². The number of ether oxygens (including phenoxy) is 2. The van der Waals surface area contributed by atoms with Gasteiger partial charge in [0.1, 0.15) is 0 Å². The van der Waals surface area contributed by atoms with Gasteiger partial charge in [0.05, 0.1) is 55.8 Å². The highest BCUT2D eigenvalue weighted by Crippen LogP contribution is 2.42. The first kappa shape index (κ1) is 29.6. The molecule has 0 spiro atoms. The Morgan fingerprint density at radius 3 is 2.56 bits per heavy atom. The van der Waals surface area contributed by atoms with Crippen LogP contribution in [0, 0.1) is 11.8 Å². The zero-order valence-electron chi connectivity index (χ0n) is 23.4. The minimum Gasteiger partial charge on any atom is -0.390 e. The number of hydrogen-bond donors (Lipinski definition) is 5. The van der Waals surface area contributed by atoms with Crippen molar-refractivity contribution < 1.29 is 24.5 Å². The van der Waals surface area contributed by atoms with Gasteiger partial charge in [-0.25, -0.2) is 10.9 Å². The number of methoxy groups -OCH3 is 1. The number of hydrazine groups is 1. The van der Waals surface area contributed by atoms with Crippen molar-refractivity contribution >= 4 is 23.2 Å². The molecule has 3 saturated carbocycles. The highest BCUT2D eigenvalue weighted by molar-refractivity contribution is 6.20. The number of aliphatic hydroxyl groups excluding tert-OH is 2.